The van der Waals surface area contributed by atoms with Crippen molar-refractivity contribution in [2.75, 3.05) is 19.5 Å². The lowest BCUT2D eigenvalue weighted by atomic mass is 10.2. The highest BCUT2D eigenvalue weighted by atomic mass is 32.1. The number of aryl methyl sites for hydroxylation is 2. The van der Waals surface area contributed by atoms with Crippen LogP contribution in [0.3, 0.4) is 0 Å². The first kappa shape index (κ1) is 10.9. The number of hydrazine groups is 1. The van der Waals surface area contributed by atoms with Crippen LogP contribution in [0.2, 0.25) is 0 Å². The van der Waals surface area contributed by atoms with Gasteiger partial charge in [-0.05, 0) is 6.92 Å². The van der Waals surface area contributed by atoms with E-state index in [0.717, 1.165) is 17.1 Å². The molecule has 0 aliphatic carbocycles. The number of anilines is 1. The summed E-state index contributed by atoms with van der Waals surface area (Å²) in [5.74, 6) is 0.819. The van der Waals surface area contributed by atoms with Crippen molar-refractivity contribution in [3.63, 3.8) is 0 Å². The van der Waals surface area contributed by atoms with Crippen LogP contribution in [-0.4, -0.2) is 33.9 Å². The Hall–Kier alpha value is -1.14. The van der Waals surface area contributed by atoms with E-state index in [-0.39, 0.29) is 0 Å². The summed E-state index contributed by atoms with van der Waals surface area (Å²) in [5.41, 5.74) is 10.4. The molecule has 1 rings (SSSR count). The molecule has 3 N–H and O–H groups in total. The molecule has 1 aromatic rings. The molecule has 0 aromatic carbocycles. The minimum absolute atomic E-state index is 0.361. The molecule has 0 saturated heterocycles. The smallest absolute Gasteiger partial charge is 0.149 e. The molecule has 0 saturated carbocycles. The van der Waals surface area contributed by atoms with E-state index in [0.29, 0.717) is 4.99 Å². The predicted molar refractivity (Wildman–Crippen MR) is 61.1 cm³/mol. The fraction of sp³-hybridized carbons (Fsp3) is 0.500. The average Bonchev–Trinajstić information content (AvgIpc) is 2.25. The van der Waals surface area contributed by atoms with E-state index < -0.39 is 0 Å². The van der Waals surface area contributed by atoms with Crippen molar-refractivity contribution < 1.29 is 0 Å². The monoisotopic (exact) mass is 213 g/mol. The molecular formula is C8H15N5S. The van der Waals surface area contributed by atoms with Crippen molar-refractivity contribution in [1.82, 2.24) is 14.8 Å². The third-order valence-corrected chi connectivity index (χ3v) is 2.00. The van der Waals surface area contributed by atoms with Gasteiger partial charge in [-0.3, -0.25) is 4.68 Å². The molecule has 0 aliphatic heterocycles. The Morgan fingerprint density at radius 2 is 2.14 bits per heavy atom. The van der Waals surface area contributed by atoms with E-state index in [9.17, 15) is 0 Å². The molecule has 0 bridgehead atoms. The zero-order valence-corrected chi connectivity index (χ0v) is 9.64. The number of aromatic nitrogens is 2. The van der Waals surface area contributed by atoms with Crippen LogP contribution < -0.4 is 11.2 Å². The maximum atomic E-state index is 5.62. The van der Waals surface area contributed by atoms with E-state index in [4.69, 9.17) is 18.0 Å². The lowest BCUT2D eigenvalue weighted by Gasteiger charge is -2.14. The van der Waals surface area contributed by atoms with E-state index in [1.54, 1.807) is 4.68 Å². The number of rotatable bonds is 3. The predicted octanol–water partition coefficient (Wildman–Crippen LogP) is 0.251. The molecule has 14 heavy (non-hydrogen) atoms. The maximum absolute atomic E-state index is 5.62. The van der Waals surface area contributed by atoms with Crippen molar-refractivity contribution in [3.05, 3.63) is 11.3 Å². The van der Waals surface area contributed by atoms with Crippen LogP contribution in [0.15, 0.2) is 0 Å². The van der Waals surface area contributed by atoms with Gasteiger partial charge >= 0.3 is 0 Å². The minimum Gasteiger partial charge on any atom is -0.389 e. The number of thiocarbonyl (C=S) groups is 1. The van der Waals surface area contributed by atoms with Gasteiger partial charge in [0.15, 0.2) is 0 Å². The summed E-state index contributed by atoms with van der Waals surface area (Å²) in [7, 11) is 5.64. The summed E-state index contributed by atoms with van der Waals surface area (Å²) in [5, 5.41) is 6.06. The molecule has 0 atom stereocenters. The van der Waals surface area contributed by atoms with Crippen LogP contribution in [0.25, 0.3) is 0 Å². The molecule has 1 heterocycles. The summed E-state index contributed by atoms with van der Waals surface area (Å²) >= 11 is 4.97. The number of nitrogens with one attached hydrogen (secondary N) is 1. The molecule has 0 spiro atoms. The average molecular weight is 213 g/mol. The molecule has 0 fully saturated rings. The highest BCUT2D eigenvalue weighted by Crippen LogP contribution is 2.18. The van der Waals surface area contributed by atoms with Crippen LogP contribution >= 0.6 is 12.2 Å². The molecule has 78 valence electrons. The zero-order valence-electron chi connectivity index (χ0n) is 8.83. The van der Waals surface area contributed by atoms with Gasteiger partial charge < -0.3 is 11.2 Å². The normalized spacial score (nSPS) is 10.6. The second kappa shape index (κ2) is 3.93. The molecule has 0 radical (unpaired) electrons. The van der Waals surface area contributed by atoms with Crippen molar-refractivity contribution in [2.45, 2.75) is 6.92 Å². The Morgan fingerprint density at radius 1 is 1.57 bits per heavy atom. The molecular weight excluding hydrogens is 198 g/mol. The van der Waals surface area contributed by atoms with Gasteiger partial charge in [-0.25, -0.2) is 5.01 Å². The zero-order chi connectivity index (χ0) is 10.9. The van der Waals surface area contributed by atoms with Crippen LogP contribution in [0.1, 0.15) is 11.3 Å². The number of nitrogens with two attached hydrogens (primary N) is 1. The van der Waals surface area contributed by atoms with Gasteiger partial charge in [0.05, 0.1) is 11.3 Å². The van der Waals surface area contributed by atoms with Crippen LogP contribution in [0.4, 0.5) is 5.82 Å². The van der Waals surface area contributed by atoms with E-state index in [1.807, 2.05) is 33.1 Å². The van der Waals surface area contributed by atoms with Gasteiger partial charge in [0.1, 0.15) is 10.8 Å². The third-order valence-electron chi connectivity index (χ3n) is 1.80. The summed E-state index contributed by atoms with van der Waals surface area (Å²) < 4.78 is 1.73. The van der Waals surface area contributed by atoms with Crippen LogP contribution in [0.5, 0.6) is 0 Å². The maximum Gasteiger partial charge on any atom is 0.149 e. The SMILES string of the molecule is Cc1nn(C)c(NN(C)C)c1C(N)=S. The van der Waals surface area contributed by atoms with Crippen molar-refractivity contribution in [1.29, 1.82) is 0 Å². The van der Waals surface area contributed by atoms with Gasteiger partial charge in [-0.1, -0.05) is 12.2 Å². The molecule has 6 heteroatoms. The van der Waals surface area contributed by atoms with Crippen LogP contribution in [-0.2, 0) is 7.05 Å². The molecule has 0 aliphatic rings. The second-order valence-corrected chi connectivity index (χ2v) is 3.74. The standard InChI is InChI=1S/C8H15N5S/c1-5-6(7(9)14)8(11-12(2)3)13(4)10-5/h11H,1-4H3,(H2,9,14). The summed E-state index contributed by atoms with van der Waals surface area (Å²) in [6.45, 7) is 1.88. The van der Waals surface area contributed by atoms with Crippen molar-refractivity contribution in [3.8, 4) is 0 Å². The lowest BCUT2D eigenvalue weighted by molar-refractivity contribution is 0.486. The minimum atomic E-state index is 0.361. The Kier molecular flexibility index (Phi) is 3.07. The first-order valence-electron chi connectivity index (χ1n) is 4.21. The highest BCUT2D eigenvalue weighted by Gasteiger charge is 2.15. The Balaban J connectivity index is 3.18. The number of hydrogen-bond acceptors (Lipinski definition) is 4. The molecule has 0 amide bonds. The van der Waals surface area contributed by atoms with Crippen molar-refractivity contribution >= 4 is 23.0 Å². The van der Waals surface area contributed by atoms with Gasteiger partial charge in [0.25, 0.3) is 0 Å². The molecule has 5 nitrogen and oxygen atoms in total. The molecule has 1 aromatic heterocycles. The van der Waals surface area contributed by atoms with Gasteiger partial charge in [0, 0.05) is 21.1 Å². The highest BCUT2D eigenvalue weighted by molar-refractivity contribution is 7.80. The summed E-state index contributed by atoms with van der Waals surface area (Å²) in [6, 6.07) is 0. The Morgan fingerprint density at radius 3 is 2.57 bits per heavy atom. The van der Waals surface area contributed by atoms with E-state index in [2.05, 4.69) is 10.5 Å². The fourth-order valence-corrected chi connectivity index (χ4v) is 1.54. The quantitative estimate of drug-likeness (QED) is 0.557. The topological polar surface area (TPSA) is 59.1 Å². The molecule has 0 unspecified atom stereocenters. The fourth-order valence-electron chi connectivity index (χ4n) is 1.29. The first-order valence-corrected chi connectivity index (χ1v) is 4.61. The van der Waals surface area contributed by atoms with Gasteiger partial charge in [-0.2, -0.15) is 5.10 Å². The largest absolute Gasteiger partial charge is 0.389 e. The summed E-state index contributed by atoms with van der Waals surface area (Å²) in [6.07, 6.45) is 0. The summed E-state index contributed by atoms with van der Waals surface area (Å²) in [4.78, 5) is 0.361. The van der Waals surface area contributed by atoms with Crippen LogP contribution in [0, 0.1) is 6.92 Å². The number of hydrogen-bond donors (Lipinski definition) is 2. The first-order chi connectivity index (χ1) is 6.43. The van der Waals surface area contributed by atoms with Crippen molar-refractivity contribution in [2.24, 2.45) is 12.8 Å². The van der Waals surface area contributed by atoms with Gasteiger partial charge in [-0.15, -0.1) is 0 Å². The van der Waals surface area contributed by atoms with E-state index >= 15 is 0 Å². The number of nitrogens with zero attached hydrogens (tertiary/aromatic N) is 3. The van der Waals surface area contributed by atoms with E-state index in [1.165, 1.54) is 0 Å². The second-order valence-electron chi connectivity index (χ2n) is 3.30. The Labute approximate surface area is 88.8 Å². The van der Waals surface area contributed by atoms with Gasteiger partial charge in [0.2, 0.25) is 0 Å². The Bertz CT molecular complexity index is 355. The third kappa shape index (κ3) is 2.02. The lowest BCUT2D eigenvalue weighted by Crippen LogP contribution is -2.24.